The number of benzene rings is 1. The maximum Gasteiger partial charge on any atom is 0.424 e. The fraction of sp³-hybridized carbons (Fsp3) is 0.652. The van der Waals surface area contributed by atoms with E-state index in [4.69, 9.17) is 4.52 Å². The zero-order chi connectivity index (χ0) is 22.4. The first-order chi connectivity index (χ1) is 13.2. The quantitative estimate of drug-likeness (QED) is 0.523. The average Bonchev–Trinajstić information content (AvgIpc) is 2.96. The molecule has 0 amide bonds. The summed E-state index contributed by atoms with van der Waals surface area (Å²) in [5.74, 6) is 0. The van der Waals surface area contributed by atoms with Gasteiger partial charge in [0.05, 0.1) is 0 Å². The Balaban J connectivity index is 2.92. The molecule has 6 heteroatoms. The molecular weight excluding hydrogens is 392 g/mol. The summed E-state index contributed by atoms with van der Waals surface area (Å²) in [7, 11) is -4.04. The van der Waals surface area contributed by atoms with Crippen LogP contribution in [0.3, 0.4) is 0 Å². The fourth-order valence-corrected chi connectivity index (χ4v) is 14.2. The van der Waals surface area contributed by atoms with E-state index in [-0.39, 0.29) is 10.7 Å². The highest BCUT2D eigenvalue weighted by Crippen LogP contribution is 2.41. The number of H-pyrrole nitrogens is 1. The van der Waals surface area contributed by atoms with E-state index in [1.54, 1.807) is 0 Å². The van der Waals surface area contributed by atoms with Crippen LogP contribution in [0, 0.1) is 0 Å². The van der Waals surface area contributed by atoms with E-state index >= 15 is 0 Å². The smallest absolute Gasteiger partial charge is 0.283 e. The van der Waals surface area contributed by atoms with Crippen LogP contribution in [0.1, 0.15) is 62.3 Å². The SMILES string of the molecule is CC(C)[Si](c1ccccc1-[n+]1[nH]oc(=O)c1[Si](C)(C)C(C)(C)C)(C(C)C)C(C)C. The average molecular weight is 434 g/mol. The molecule has 0 spiro atoms. The van der Waals surface area contributed by atoms with Gasteiger partial charge >= 0.3 is 5.63 Å². The molecule has 0 aliphatic rings. The number of hydrogen-bond donors (Lipinski definition) is 1. The van der Waals surface area contributed by atoms with Gasteiger partial charge < -0.3 is 0 Å². The summed E-state index contributed by atoms with van der Waals surface area (Å²) in [5.41, 5.74) is 2.62. The van der Waals surface area contributed by atoms with Gasteiger partial charge in [-0.1, -0.05) is 93.6 Å². The van der Waals surface area contributed by atoms with Crippen LogP contribution in [0.5, 0.6) is 0 Å². The van der Waals surface area contributed by atoms with Crippen molar-refractivity contribution in [2.24, 2.45) is 0 Å². The minimum absolute atomic E-state index is 0.0310. The molecule has 4 nitrogen and oxygen atoms in total. The maximum absolute atomic E-state index is 12.9. The van der Waals surface area contributed by atoms with Crippen LogP contribution in [-0.4, -0.2) is 21.4 Å². The molecule has 0 aliphatic carbocycles. The highest BCUT2D eigenvalue weighted by Gasteiger charge is 2.52. The Morgan fingerprint density at radius 1 is 0.931 bits per heavy atom. The Labute approximate surface area is 178 Å². The molecule has 2 aromatic rings. The van der Waals surface area contributed by atoms with Crippen molar-refractivity contribution < 1.29 is 9.20 Å². The highest BCUT2D eigenvalue weighted by atomic mass is 28.3. The van der Waals surface area contributed by atoms with Gasteiger partial charge in [-0.25, -0.2) is 4.79 Å². The molecule has 1 aromatic heterocycles. The van der Waals surface area contributed by atoms with E-state index in [1.165, 1.54) is 5.19 Å². The lowest BCUT2D eigenvalue weighted by Gasteiger charge is -2.43. The number of aromatic amines is 1. The predicted molar refractivity (Wildman–Crippen MR) is 128 cm³/mol. The van der Waals surface area contributed by atoms with E-state index in [1.807, 2.05) is 4.68 Å². The van der Waals surface area contributed by atoms with Gasteiger partial charge in [-0.15, -0.1) is 0 Å². The number of aromatic nitrogens is 2. The summed E-state index contributed by atoms with van der Waals surface area (Å²) in [6.45, 7) is 25.5. The number of rotatable bonds is 6. The third kappa shape index (κ3) is 3.74. The second kappa shape index (κ2) is 8.02. The van der Waals surface area contributed by atoms with Gasteiger partial charge in [0.25, 0.3) is 5.32 Å². The molecule has 0 atom stereocenters. The van der Waals surface area contributed by atoms with Crippen LogP contribution in [0.4, 0.5) is 0 Å². The Hall–Kier alpha value is -1.41. The minimum atomic E-state index is -2.12. The molecule has 2 rings (SSSR count). The summed E-state index contributed by atoms with van der Waals surface area (Å²) in [5, 5.41) is 5.25. The molecule has 0 saturated heterocycles. The van der Waals surface area contributed by atoms with Crippen LogP contribution in [0.15, 0.2) is 33.6 Å². The van der Waals surface area contributed by atoms with Gasteiger partial charge in [0.2, 0.25) is 5.69 Å². The molecule has 1 heterocycles. The molecule has 1 aromatic carbocycles. The van der Waals surface area contributed by atoms with Crippen LogP contribution >= 0.6 is 0 Å². The van der Waals surface area contributed by atoms with Crippen molar-refractivity contribution in [3.8, 4) is 5.69 Å². The highest BCUT2D eigenvalue weighted by molar-refractivity contribution is 6.95. The monoisotopic (exact) mass is 433 g/mol. The second-order valence-corrected chi connectivity index (χ2v) is 22.0. The lowest BCUT2D eigenvalue weighted by molar-refractivity contribution is -0.654. The van der Waals surface area contributed by atoms with Gasteiger partial charge in [0, 0.05) is 11.3 Å². The molecule has 0 aliphatic heterocycles. The van der Waals surface area contributed by atoms with Crippen LogP contribution < -0.4 is 20.8 Å². The first-order valence-electron chi connectivity index (χ1n) is 10.9. The largest absolute Gasteiger partial charge is 0.424 e. The zero-order valence-electron chi connectivity index (χ0n) is 20.3. The Morgan fingerprint density at radius 3 is 1.86 bits per heavy atom. The van der Waals surface area contributed by atoms with E-state index in [9.17, 15) is 4.79 Å². The summed E-state index contributed by atoms with van der Waals surface area (Å²) in [4.78, 5) is 12.9. The molecule has 0 fully saturated rings. The molecular formula is C23H41N2O2Si2+. The van der Waals surface area contributed by atoms with Crippen molar-refractivity contribution in [1.82, 2.24) is 5.27 Å². The first-order valence-corrected chi connectivity index (χ1v) is 16.2. The first kappa shape index (κ1) is 23.9. The van der Waals surface area contributed by atoms with Gasteiger partial charge in [0.15, 0.2) is 8.07 Å². The summed E-state index contributed by atoms with van der Waals surface area (Å²) in [6, 6.07) is 8.69. The number of hydrogen-bond acceptors (Lipinski definition) is 2. The maximum atomic E-state index is 12.9. The van der Waals surface area contributed by atoms with Crippen molar-refractivity contribution >= 4 is 26.7 Å². The lowest BCUT2D eigenvalue weighted by atomic mass is 10.2. The lowest BCUT2D eigenvalue weighted by Crippen LogP contribution is -2.70. The fourth-order valence-electron chi connectivity index (χ4n) is 5.30. The molecule has 1 N–H and O–H groups in total. The van der Waals surface area contributed by atoms with E-state index < -0.39 is 16.1 Å². The van der Waals surface area contributed by atoms with Gasteiger partial charge in [0.1, 0.15) is 8.07 Å². The second-order valence-electron chi connectivity index (χ2n) is 11.0. The molecule has 0 unspecified atom stereocenters. The van der Waals surface area contributed by atoms with E-state index in [0.717, 1.165) is 11.0 Å². The number of para-hydroxylation sites is 1. The van der Waals surface area contributed by atoms with Crippen LogP contribution in [0.25, 0.3) is 5.69 Å². The minimum Gasteiger partial charge on any atom is -0.283 e. The third-order valence-corrected chi connectivity index (χ3v) is 20.0. The van der Waals surface area contributed by atoms with Crippen molar-refractivity contribution in [3.63, 3.8) is 0 Å². The summed E-state index contributed by atoms with van der Waals surface area (Å²) < 4.78 is 7.40. The molecule has 0 saturated carbocycles. The van der Waals surface area contributed by atoms with Crippen molar-refractivity contribution in [3.05, 3.63) is 34.7 Å². The predicted octanol–water partition coefficient (Wildman–Crippen LogP) is 4.85. The molecule has 0 bridgehead atoms. The molecule has 0 radical (unpaired) electrons. The van der Waals surface area contributed by atoms with Gasteiger partial charge in [-0.2, -0.15) is 0 Å². The van der Waals surface area contributed by atoms with Crippen molar-refractivity contribution in [2.75, 3.05) is 0 Å². The summed E-state index contributed by atoms with van der Waals surface area (Å²) in [6.07, 6.45) is 0. The van der Waals surface area contributed by atoms with Crippen molar-refractivity contribution in [2.45, 2.75) is 97.1 Å². The summed E-state index contributed by atoms with van der Waals surface area (Å²) >= 11 is 0. The Bertz CT molecular complexity index is 880. The van der Waals surface area contributed by atoms with Gasteiger partial charge in [-0.05, 0) is 31.6 Å². The standard InChI is InChI=1S/C23H40N2O2Si2/c1-16(2)29(17(3)4,18(5)6)20-15-13-12-14-19(20)25-21(22(26)27-24-25)28(10,11)23(7,8)9/h12-18H,1-11H3/p+1. The van der Waals surface area contributed by atoms with Crippen LogP contribution in [0.2, 0.25) is 34.8 Å². The van der Waals surface area contributed by atoms with Crippen LogP contribution in [-0.2, 0) is 0 Å². The van der Waals surface area contributed by atoms with Gasteiger partial charge in [-0.3, -0.25) is 4.52 Å². The third-order valence-electron chi connectivity index (χ3n) is 7.59. The number of nitrogens with one attached hydrogen (secondary N) is 1. The Morgan fingerprint density at radius 2 is 1.41 bits per heavy atom. The molecule has 29 heavy (non-hydrogen) atoms. The number of nitrogens with zero attached hydrogens (tertiary/aromatic N) is 1. The normalized spacial score (nSPS) is 13.7. The van der Waals surface area contributed by atoms with E-state index in [2.05, 4.69) is 105 Å². The molecule has 162 valence electrons. The van der Waals surface area contributed by atoms with Crippen molar-refractivity contribution in [1.29, 1.82) is 0 Å². The zero-order valence-corrected chi connectivity index (χ0v) is 22.3. The van der Waals surface area contributed by atoms with E-state index in [0.29, 0.717) is 16.6 Å². The Kier molecular flexibility index (Phi) is 6.60. The topological polar surface area (TPSA) is 49.9 Å².